The molecule has 21 heavy (non-hydrogen) atoms. The van der Waals surface area contributed by atoms with Gasteiger partial charge in [-0.15, -0.1) is 0 Å². The van der Waals surface area contributed by atoms with E-state index in [1.807, 2.05) is 0 Å². The fourth-order valence-electron chi connectivity index (χ4n) is 2.21. The van der Waals surface area contributed by atoms with Crippen LogP contribution in [0, 0.1) is 15.9 Å². The predicted octanol–water partition coefficient (Wildman–Crippen LogP) is 2.83. The first-order chi connectivity index (χ1) is 9.91. The Kier molecular flexibility index (Phi) is 4.59. The lowest BCUT2D eigenvalue weighted by atomic mass is 10.0. The number of halogens is 2. The molecule has 1 N–H and O–H groups in total. The van der Waals surface area contributed by atoms with E-state index in [-0.39, 0.29) is 23.7 Å². The first-order valence-corrected chi connectivity index (χ1v) is 6.50. The maximum Gasteiger partial charge on any atom is 0.407 e. The number of ether oxygens (including phenoxy) is 1. The van der Waals surface area contributed by atoms with Crippen LogP contribution < -0.4 is 0 Å². The van der Waals surface area contributed by atoms with Crippen LogP contribution >= 0.6 is 11.6 Å². The van der Waals surface area contributed by atoms with Crippen LogP contribution in [0.15, 0.2) is 12.1 Å². The first-order valence-electron chi connectivity index (χ1n) is 6.12. The summed E-state index contributed by atoms with van der Waals surface area (Å²) in [5, 5.41) is 20.0. The summed E-state index contributed by atoms with van der Waals surface area (Å²) in [5.74, 6) is -1.06. The van der Waals surface area contributed by atoms with E-state index in [9.17, 15) is 24.4 Å². The number of hydrogen-bond donors (Lipinski definition) is 1. The average Bonchev–Trinajstić information content (AvgIpc) is 2.63. The minimum absolute atomic E-state index is 0.00874. The summed E-state index contributed by atoms with van der Waals surface area (Å²) in [6, 6.07) is 0.976. The summed E-state index contributed by atoms with van der Waals surface area (Å²) in [7, 11) is 0. The quantitative estimate of drug-likeness (QED) is 0.668. The number of nitro groups is 1. The first kappa shape index (κ1) is 15.5. The van der Waals surface area contributed by atoms with Gasteiger partial charge in [-0.3, -0.25) is 15.0 Å². The average molecular weight is 319 g/mol. The van der Waals surface area contributed by atoms with Gasteiger partial charge in [0.15, 0.2) is 0 Å². The lowest BCUT2D eigenvalue weighted by Gasteiger charge is -2.27. The van der Waals surface area contributed by atoms with Crippen molar-refractivity contribution in [2.75, 3.05) is 19.8 Å². The minimum atomic E-state index is -1.19. The van der Waals surface area contributed by atoms with Gasteiger partial charge in [0.2, 0.25) is 5.82 Å². The molecule has 1 unspecified atom stereocenters. The van der Waals surface area contributed by atoms with Gasteiger partial charge in [-0.05, 0) is 12.5 Å². The van der Waals surface area contributed by atoms with E-state index in [2.05, 4.69) is 0 Å². The van der Waals surface area contributed by atoms with Crippen LogP contribution in [-0.4, -0.2) is 40.8 Å². The van der Waals surface area contributed by atoms with Crippen LogP contribution in [0.5, 0.6) is 0 Å². The van der Waals surface area contributed by atoms with E-state index in [0.717, 1.165) is 17.0 Å². The fourth-order valence-corrected chi connectivity index (χ4v) is 2.49. The van der Waals surface area contributed by atoms with Crippen molar-refractivity contribution in [3.63, 3.8) is 0 Å². The highest BCUT2D eigenvalue weighted by atomic mass is 35.5. The summed E-state index contributed by atoms with van der Waals surface area (Å²) in [6.07, 6.45) is -0.683. The molecule has 9 heteroatoms. The number of amides is 1. The Balaban J connectivity index is 2.49. The van der Waals surface area contributed by atoms with Crippen molar-refractivity contribution >= 4 is 23.4 Å². The molecule has 1 aliphatic rings. The topological polar surface area (TPSA) is 92.9 Å². The van der Waals surface area contributed by atoms with Crippen LogP contribution in [0.4, 0.5) is 14.9 Å². The van der Waals surface area contributed by atoms with Crippen LogP contribution in [0.3, 0.4) is 0 Å². The fraction of sp³-hybridized carbons (Fsp3) is 0.417. The number of hydrogen-bond acceptors (Lipinski definition) is 4. The molecule has 1 aliphatic heterocycles. The lowest BCUT2D eigenvalue weighted by molar-refractivity contribution is -0.387. The van der Waals surface area contributed by atoms with E-state index < -0.39 is 28.6 Å². The number of nitro benzene ring substituents is 1. The van der Waals surface area contributed by atoms with Gasteiger partial charge in [0.05, 0.1) is 17.6 Å². The SMILES string of the molecule is O=C(O)N1CCCOCC1c1cc([N+](=O)[O-])c(F)cc1Cl. The molecule has 0 radical (unpaired) electrons. The Morgan fingerprint density at radius 3 is 2.90 bits per heavy atom. The van der Waals surface area contributed by atoms with Gasteiger partial charge >= 0.3 is 11.8 Å². The van der Waals surface area contributed by atoms with E-state index in [1.54, 1.807) is 0 Å². The molecular weight excluding hydrogens is 307 g/mol. The highest BCUT2D eigenvalue weighted by Gasteiger charge is 2.31. The summed E-state index contributed by atoms with van der Waals surface area (Å²) in [6.45, 7) is 0.595. The zero-order valence-corrected chi connectivity index (χ0v) is 11.5. The molecule has 0 saturated carbocycles. The third-order valence-electron chi connectivity index (χ3n) is 3.21. The van der Waals surface area contributed by atoms with Gasteiger partial charge in [-0.25, -0.2) is 4.79 Å². The Bertz CT molecular complexity index is 583. The van der Waals surface area contributed by atoms with E-state index in [0.29, 0.717) is 13.0 Å². The Morgan fingerprint density at radius 1 is 1.57 bits per heavy atom. The van der Waals surface area contributed by atoms with Gasteiger partial charge in [0.25, 0.3) is 0 Å². The second-order valence-corrected chi connectivity index (χ2v) is 4.91. The highest BCUT2D eigenvalue weighted by molar-refractivity contribution is 6.31. The molecule has 1 saturated heterocycles. The number of rotatable bonds is 2. The molecule has 1 amide bonds. The van der Waals surface area contributed by atoms with Crippen molar-refractivity contribution in [2.24, 2.45) is 0 Å². The molecule has 0 bridgehead atoms. The summed E-state index contributed by atoms with van der Waals surface area (Å²) >= 11 is 5.93. The van der Waals surface area contributed by atoms with Crippen molar-refractivity contribution in [3.8, 4) is 0 Å². The molecule has 2 rings (SSSR count). The van der Waals surface area contributed by atoms with Crippen LogP contribution in [0.2, 0.25) is 5.02 Å². The molecule has 0 spiro atoms. The van der Waals surface area contributed by atoms with Crippen molar-refractivity contribution in [2.45, 2.75) is 12.5 Å². The molecule has 1 fully saturated rings. The predicted molar refractivity (Wildman–Crippen MR) is 71.0 cm³/mol. The van der Waals surface area contributed by atoms with Crippen LogP contribution in [0.25, 0.3) is 0 Å². The Labute approximate surface area is 124 Å². The van der Waals surface area contributed by atoms with Crippen molar-refractivity contribution < 1.29 is 24.0 Å². The maximum atomic E-state index is 13.5. The Hall–Kier alpha value is -1.93. The summed E-state index contributed by atoms with van der Waals surface area (Å²) < 4.78 is 18.8. The normalized spacial score (nSPS) is 19.1. The second kappa shape index (κ2) is 6.23. The van der Waals surface area contributed by atoms with Crippen molar-refractivity contribution in [3.05, 3.63) is 38.7 Å². The summed E-state index contributed by atoms with van der Waals surface area (Å²) in [4.78, 5) is 22.3. The zero-order valence-electron chi connectivity index (χ0n) is 10.8. The van der Waals surface area contributed by atoms with E-state index >= 15 is 0 Å². The van der Waals surface area contributed by atoms with Gasteiger partial charge in [-0.2, -0.15) is 4.39 Å². The molecule has 0 aromatic heterocycles. The maximum absolute atomic E-state index is 13.5. The zero-order chi connectivity index (χ0) is 15.6. The monoisotopic (exact) mass is 318 g/mol. The molecule has 1 aromatic rings. The highest BCUT2D eigenvalue weighted by Crippen LogP contribution is 2.34. The third-order valence-corrected chi connectivity index (χ3v) is 3.53. The third kappa shape index (κ3) is 3.22. The standard InChI is InChI=1S/C12H12ClFN2O5/c13-8-5-9(14)10(16(19)20)4-7(8)11-6-21-3-1-2-15(11)12(17)18/h4-5,11H,1-3,6H2,(H,17,18). The number of benzene rings is 1. The molecule has 1 aromatic carbocycles. The molecule has 7 nitrogen and oxygen atoms in total. The van der Waals surface area contributed by atoms with E-state index in [1.165, 1.54) is 0 Å². The van der Waals surface area contributed by atoms with Gasteiger partial charge in [0.1, 0.15) is 0 Å². The molecule has 1 atom stereocenters. The molecule has 1 heterocycles. The van der Waals surface area contributed by atoms with Gasteiger partial charge < -0.3 is 9.84 Å². The van der Waals surface area contributed by atoms with Crippen molar-refractivity contribution in [1.82, 2.24) is 4.90 Å². The second-order valence-electron chi connectivity index (χ2n) is 4.50. The van der Waals surface area contributed by atoms with Gasteiger partial charge in [0, 0.05) is 29.8 Å². The Morgan fingerprint density at radius 2 is 2.29 bits per heavy atom. The minimum Gasteiger partial charge on any atom is -0.465 e. The largest absolute Gasteiger partial charge is 0.465 e. The van der Waals surface area contributed by atoms with Gasteiger partial charge in [-0.1, -0.05) is 11.6 Å². The molecule has 0 aliphatic carbocycles. The van der Waals surface area contributed by atoms with E-state index in [4.69, 9.17) is 16.3 Å². The van der Waals surface area contributed by atoms with Crippen LogP contribution in [-0.2, 0) is 4.74 Å². The number of carboxylic acid groups (broad SMARTS) is 1. The lowest BCUT2D eigenvalue weighted by Crippen LogP contribution is -2.35. The van der Waals surface area contributed by atoms with Crippen molar-refractivity contribution in [1.29, 1.82) is 0 Å². The van der Waals surface area contributed by atoms with Crippen LogP contribution in [0.1, 0.15) is 18.0 Å². The number of nitrogens with zero attached hydrogens (tertiary/aromatic N) is 2. The summed E-state index contributed by atoms with van der Waals surface area (Å²) in [5.41, 5.74) is -0.585. The number of carbonyl (C=O) groups is 1. The molecule has 114 valence electrons. The molecular formula is C12H12ClFN2O5. The smallest absolute Gasteiger partial charge is 0.407 e.